The van der Waals surface area contributed by atoms with Crippen molar-refractivity contribution < 1.29 is 18.7 Å². The molecule has 0 bridgehead atoms. The molecule has 1 aromatic rings. The number of nitrogens with one attached hydrogen (secondary N) is 1. The van der Waals surface area contributed by atoms with Crippen LogP contribution in [0.5, 0.6) is 0 Å². The molecule has 1 aliphatic carbocycles. The summed E-state index contributed by atoms with van der Waals surface area (Å²) in [6.07, 6.45) is 0.955. The van der Waals surface area contributed by atoms with Crippen molar-refractivity contribution in [3.05, 3.63) is 23.2 Å². The highest BCUT2D eigenvalue weighted by atomic mass is 16.5. The first kappa shape index (κ1) is 12.7. The van der Waals surface area contributed by atoms with Crippen LogP contribution in [0, 0.1) is 18.8 Å². The number of furan rings is 1. The summed E-state index contributed by atoms with van der Waals surface area (Å²) < 4.78 is 10.0. The SMILES string of the molecule is COC(=O)c1cc(CNC(=O)[C@H]2C[C@H]2C)oc1C. The first-order valence-corrected chi connectivity index (χ1v) is 5.98. The Labute approximate surface area is 105 Å². The lowest BCUT2D eigenvalue weighted by molar-refractivity contribution is -0.122. The van der Waals surface area contributed by atoms with E-state index in [0.717, 1.165) is 6.42 Å². The summed E-state index contributed by atoms with van der Waals surface area (Å²) >= 11 is 0. The molecular formula is C13H17NO4. The molecule has 1 saturated carbocycles. The van der Waals surface area contributed by atoms with Crippen molar-refractivity contribution in [2.45, 2.75) is 26.8 Å². The molecule has 5 heteroatoms. The third kappa shape index (κ3) is 2.55. The Hall–Kier alpha value is -1.78. The van der Waals surface area contributed by atoms with Gasteiger partial charge in [0.15, 0.2) is 0 Å². The summed E-state index contributed by atoms with van der Waals surface area (Å²) in [5, 5.41) is 2.80. The van der Waals surface area contributed by atoms with Crippen molar-refractivity contribution in [1.82, 2.24) is 5.32 Å². The first-order valence-electron chi connectivity index (χ1n) is 5.98. The Bertz CT molecular complexity index is 477. The third-order valence-corrected chi connectivity index (χ3v) is 3.26. The standard InChI is InChI=1S/C13H17NO4/c1-7-4-10(7)12(15)14-6-9-5-11(8(2)18-9)13(16)17-3/h5,7,10H,4,6H2,1-3H3,(H,14,15)/t7-,10+/m1/s1. The molecule has 1 aromatic heterocycles. The zero-order valence-electron chi connectivity index (χ0n) is 10.8. The van der Waals surface area contributed by atoms with Crippen molar-refractivity contribution in [2.24, 2.45) is 11.8 Å². The topological polar surface area (TPSA) is 68.5 Å². The third-order valence-electron chi connectivity index (χ3n) is 3.26. The minimum Gasteiger partial charge on any atom is -0.465 e. The molecule has 1 N–H and O–H groups in total. The maximum Gasteiger partial charge on any atom is 0.341 e. The number of methoxy groups -OCH3 is 1. The predicted octanol–water partition coefficient (Wildman–Crippen LogP) is 1.65. The number of amides is 1. The molecule has 1 amide bonds. The average molecular weight is 251 g/mol. The number of carbonyl (C=O) groups is 2. The van der Waals surface area contributed by atoms with Gasteiger partial charge in [-0.1, -0.05) is 6.92 Å². The highest BCUT2D eigenvalue weighted by molar-refractivity contribution is 5.90. The zero-order valence-corrected chi connectivity index (χ0v) is 10.8. The fourth-order valence-corrected chi connectivity index (χ4v) is 1.94. The number of hydrogen-bond donors (Lipinski definition) is 1. The van der Waals surface area contributed by atoms with Gasteiger partial charge in [0.25, 0.3) is 0 Å². The lowest BCUT2D eigenvalue weighted by Crippen LogP contribution is -2.24. The molecule has 98 valence electrons. The highest BCUT2D eigenvalue weighted by Crippen LogP contribution is 2.37. The maximum atomic E-state index is 11.6. The van der Waals surface area contributed by atoms with Crippen LogP contribution in [0.25, 0.3) is 0 Å². The molecule has 0 unspecified atom stereocenters. The van der Waals surface area contributed by atoms with Crippen molar-refractivity contribution in [3.63, 3.8) is 0 Å². The van der Waals surface area contributed by atoms with Crippen LogP contribution >= 0.6 is 0 Å². The summed E-state index contributed by atoms with van der Waals surface area (Å²) in [4.78, 5) is 23.0. The normalized spacial score (nSPS) is 21.5. The lowest BCUT2D eigenvalue weighted by Gasteiger charge is -2.01. The Morgan fingerprint density at radius 1 is 1.56 bits per heavy atom. The van der Waals surface area contributed by atoms with Crippen molar-refractivity contribution in [2.75, 3.05) is 7.11 Å². The first-order chi connectivity index (χ1) is 8.52. The van der Waals surface area contributed by atoms with Gasteiger partial charge in [0.1, 0.15) is 17.1 Å². The molecular weight excluding hydrogens is 234 g/mol. The van der Waals surface area contributed by atoms with Gasteiger partial charge < -0.3 is 14.5 Å². The Morgan fingerprint density at radius 3 is 2.78 bits per heavy atom. The summed E-state index contributed by atoms with van der Waals surface area (Å²) in [6.45, 7) is 4.05. The summed E-state index contributed by atoms with van der Waals surface area (Å²) in [6, 6.07) is 1.61. The number of carbonyl (C=O) groups excluding carboxylic acids is 2. The Morgan fingerprint density at radius 2 is 2.22 bits per heavy atom. The fraction of sp³-hybridized carbons (Fsp3) is 0.538. The Balaban J connectivity index is 1.94. The summed E-state index contributed by atoms with van der Waals surface area (Å²) in [5.74, 6) is 1.32. The van der Waals surface area contributed by atoms with Crippen LogP contribution in [-0.2, 0) is 16.1 Å². The van der Waals surface area contributed by atoms with Gasteiger partial charge in [0.2, 0.25) is 5.91 Å². The number of rotatable bonds is 4. The molecule has 2 rings (SSSR count). The second-order valence-corrected chi connectivity index (χ2v) is 4.71. The molecule has 0 spiro atoms. The van der Waals surface area contributed by atoms with Crippen LogP contribution in [0.3, 0.4) is 0 Å². The van der Waals surface area contributed by atoms with Crippen LogP contribution < -0.4 is 5.32 Å². The van der Waals surface area contributed by atoms with E-state index < -0.39 is 5.97 Å². The highest BCUT2D eigenvalue weighted by Gasteiger charge is 2.38. The monoisotopic (exact) mass is 251 g/mol. The van der Waals surface area contributed by atoms with E-state index in [0.29, 0.717) is 29.5 Å². The van der Waals surface area contributed by atoms with Gasteiger partial charge in [0, 0.05) is 5.92 Å². The van der Waals surface area contributed by atoms with E-state index in [1.54, 1.807) is 13.0 Å². The molecule has 5 nitrogen and oxygen atoms in total. The fourth-order valence-electron chi connectivity index (χ4n) is 1.94. The van der Waals surface area contributed by atoms with Gasteiger partial charge >= 0.3 is 5.97 Å². The van der Waals surface area contributed by atoms with E-state index in [2.05, 4.69) is 17.0 Å². The lowest BCUT2D eigenvalue weighted by atomic mass is 10.2. The van der Waals surface area contributed by atoms with Gasteiger partial charge in [0.05, 0.1) is 13.7 Å². The predicted molar refractivity (Wildman–Crippen MR) is 63.9 cm³/mol. The van der Waals surface area contributed by atoms with Crippen LogP contribution in [0.2, 0.25) is 0 Å². The molecule has 0 radical (unpaired) electrons. The van der Waals surface area contributed by atoms with Gasteiger partial charge in [-0.25, -0.2) is 4.79 Å². The minimum atomic E-state index is -0.426. The van der Waals surface area contributed by atoms with Gasteiger partial charge in [-0.2, -0.15) is 0 Å². The van der Waals surface area contributed by atoms with Gasteiger partial charge in [-0.3, -0.25) is 4.79 Å². The van der Waals surface area contributed by atoms with Crippen LogP contribution in [0.15, 0.2) is 10.5 Å². The second-order valence-electron chi connectivity index (χ2n) is 4.71. The van der Waals surface area contributed by atoms with Gasteiger partial charge in [-0.05, 0) is 25.3 Å². The van der Waals surface area contributed by atoms with Gasteiger partial charge in [-0.15, -0.1) is 0 Å². The van der Waals surface area contributed by atoms with Crippen molar-refractivity contribution in [1.29, 1.82) is 0 Å². The number of aryl methyl sites for hydroxylation is 1. The van der Waals surface area contributed by atoms with Crippen LogP contribution in [0.4, 0.5) is 0 Å². The number of ether oxygens (including phenoxy) is 1. The number of hydrogen-bond acceptors (Lipinski definition) is 4. The Kier molecular flexibility index (Phi) is 3.41. The van der Waals surface area contributed by atoms with E-state index in [1.807, 2.05) is 0 Å². The molecule has 2 atom stereocenters. The van der Waals surface area contributed by atoms with E-state index in [-0.39, 0.29) is 11.8 Å². The zero-order chi connectivity index (χ0) is 13.3. The second kappa shape index (κ2) is 4.84. The molecule has 0 saturated heterocycles. The van der Waals surface area contributed by atoms with E-state index in [4.69, 9.17) is 4.42 Å². The summed E-state index contributed by atoms with van der Waals surface area (Å²) in [7, 11) is 1.32. The molecule has 1 heterocycles. The quantitative estimate of drug-likeness (QED) is 0.826. The van der Waals surface area contributed by atoms with Crippen LogP contribution in [0.1, 0.15) is 35.2 Å². The maximum absolute atomic E-state index is 11.6. The van der Waals surface area contributed by atoms with Crippen molar-refractivity contribution in [3.8, 4) is 0 Å². The van der Waals surface area contributed by atoms with E-state index in [1.165, 1.54) is 7.11 Å². The van der Waals surface area contributed by atoms with E-state index >= 15 is 0 Å². The molecule has 18 heavy (non-hydrogen) atoms. The van der Waals surface area contributed by atoms with Crippen LogP contribution in [-0.4, -0.2) is 19.0 Å². The molecule has 1 fully saturated rings. The van der Waals surface area contributed by atoms with E-state index in [9.17, 15) is 9.59 Å². The summed E-state index contributed by atoms with van der Waals surface area (Å²) in [5.41, 5.74) is 0.404. The molecule has 1 aliphatic rings. The largest absolute Gasteiger partial charge is 0.465 e. The van der Waals surface area contributed by atoms with Crippen molar-refractivity contribution >= 4 is 11.9 Å². The smallest absolute Gasteiger partial charge is 0.341 e. The molecule has 0 aliphatic heterocycles. The minimum absolute atomic E-state index is 0.0520. The number of esters is 1. The molecule has 0 aromatic carbocycles. The average Bonchev–Trinajstić information content (AvgIpc) is 2.96.